The number of ether oxygens (including phenoxy) is 1. The van der Waals surface area contributed by atoms with E-state index in [9.17, 15) is 4.79 Å². The van der Waals surface area contributed by atoms with Crippen LogP contribution in [0, 0.1) is 5.92 Å². The minimum absolute atomic E-state index is 0. The molecule has 120 valence electrons. The monoisotopic (exact) mass is 306 g/mol. The summed E-state index contributed by atoms with van der Waals surface area (Å²) in [7, 11) is 0. The molecule has 0 radical (unpaired) electrons. The second kappa shape index (κ2) is 11.4. The maximum absolute atomic E-state index is 12.0. The number of halogens is 1. The first-order chi connectivity index (χ1) is 9.17. The smallest absolute Gasteiger partial charge is 0.249 e. The van der Waals surface area contributed by atoms with E-state index in [4.69, 9.17) is 4.74 Å². The number of rotatable bonds is 8. The molecule has 0 aromatic rings. The van der Waals surface area contributed by atoms with Crippen molar-refractivity contribution in [3.8, 4) is 0 Å². The van der Waals surface area contributed by atoms with E-state index in [0.717, 1.165) is 38.3 Å². The third-order valence-electron chi connectivity index (χ3n) is 3.76. The summed E-state index contributed by atoms with van der Waals surface area (Å²) in [5, 5.41) is 6.14. The van der Waals surface area contributed by atoms with Crippen molar-refractivity contribution in [2.75, 3.05) is 19.6 Å². The van der Waals surface area contributed by atoms with Crippen molar-refractivity contribution in [1.29, 1.82) is 0 Å². The lowest BCUT2D eigenvalue weighted by Crippen LogP contribution is -2.41. The Bertz CT molecular complexity index is 264. The lowest BCUT2D eigenvalue weighted by molar-refractivity contribution is -0.138. The largest absolute Gasteiger partial charge is 0.365 e. The third-order valence-corrected chi connectivity index (χ3v) is 3.76. The fourth-order valence-corrected chi connectivity index (χ4v) is 2.64. The Hall–Kier alpha value is -0.320. The van der Waals surface area contributed by atoms with E-state index >= 15 is 0 Å². The van der Waals surface area contributed by atoms with Gasteiger partial charge in [-0.05, 0) is 31.7 Å². The van der Waals surface area contributed by atoms with Crippen LogP contribution in [-0.4, -0.2) is 37.7 Å². The SMILES string of the molecule is CCNCCNC(=O)C(CC)OC1CCCC(C)C1.Cl. The van der Waals surface area contributed by atoms with Crippen LogP contribution < -0.4 is 10.6 Å². The summed E-state index contributed by atoms with van der Waals surface area (Å²) in [6.07, 6.45) is 5.46. The molecule has 5 heteroatoms. The first-order valence-electron chi connectivity index (χ1n) is 7.81. The van der Waals surface area contributed by atoms with Crippen molar-refractivity contribution in [3.63, 3.8) is 0 Å². The molecule has 1 aliphatic carbocycles. The van der Waals surface area contributed by atoms with Crippen molar-refractivity contribution < 1.29 is 9.53 Å². The van der Waals surface area contributed by atoms with Crippen LogP contribution in [0.4, 0.5) is 0 Å². The Morgan fingerprint density at radius 2 is 2.05 bits per heavy atom. The molecule has 0 spiro atoms. The summed E-state index contributed by atoms with van der Waals surface area (Å²) in [4.78, 5) is 12.0. The summed E-state index contributed by atoms with van der Waals surface area (Å²) in [6, 6.07) is 0. The van der Waals surface area contributed by atoms with Crippen molar-refractivity contribution in [1.82, 2.24) is 10.6 Å². The van der Waals surface area contributed by atoms with Gasteiger partial charge in [-0.3, -0.25) is 4.79 Å². The first-order valence-corrected chi connectivity index (χ1v) is 7.81. The number of amides is 1. The van der Waals surface area contributed by atoms with E-state index in [1.807, 2.05) is 6.92 Å². The molecule has 1 fully saturated rings. The van der Waals surface area contributed by atoms with Crippen LogP contribution in [-0.2, 0) is 9.53 Å². The fourth-order valence-electron chi connectivity index (χ4n) is 2.64. The highest BCUT2D eigenvalue weighted by Crippen LogP contribution is 2.26. The van der Waals surface area contributed by atoms with Crippen LogP contribution in [0.3, 0.4) is 0 Å². The standard InChI is InChI=1S/C15H30N2O2.ClH/c1-4-14(15(18)17-10-9-16-5-2)19-13-8-6-7-12(3)11-13;/h12-14,16H,4-11H2,1-3H3,(H,17,18);1H. The van der Waals surface area contributed by atoms with Gasteiger partial charge in [-0.25, -0.2) is 0 Å². The second-order valence-corrected chi connectivity index (χ2v) is 5.57. The molecule has 1 saturated carbocycles. The molecular weight excluding hydrogens is 276 g/mol. The molecule has 0 aromatic carbocycles. The minimum atomic E-state index is -0.281. The van der Waals surface area contributed by atoms with Crippen LogP contribution in [0.1, 0.15) is 52.9 Å². The molecule has 0 aliphatic heterocycles. The topological polar surface area (TPSA) is 50.4 Å². The van der Waals surface area contributed by atoms with Gasteiger partial charge in [-0.2, -0.15) is 0 Å². The number of carbonyl (C=O) groups is 1. The minimum Gasteiger partial charge on any atom is -0.365 e. The quantitative estimate of drug-likeness (QED) is 0.678. The summed E-state index contributed by atoms with van der Waals surface area (Å²) >= 11 is 0. The zero-order valence-electron chi connectivity index (χ0n) is 13.1. The number of hydrogen-bond donors (Lipinski definition) is 2. The Labute approximate surface area is 129 Å². The first kappa shape index (κ1) is 19.7. The summed E-state index contributed by atoms with van der Waals surface area (Å²) < 4.78 is 6.00. The molecule has 20 heavy (non-hydrogen) atoms. The maximum atomic E-state index is 12.0. The lowest BCUT2D eigenvalue weighted by Gasteiger charge is -2.29. The van der Waals surface area contributed by atoms with Crippen LogP contribution >= 0.6 is 12.4 Å². The predicted octanol–water partition coefficient (Wildman–Crippen LogP) is 2.51. The average Bonchev–Trinajstić information content (AvgIpc) is 2.41. The average molecular weight is 307 g/mol. The predicted molar refractivity (Wildman–Crippen MR) is 85.4 cm³/mol. The molecule has 1 aliphatic rings. The molecule has 3 atom stereocenters. The molecule has 1 amide bonds. The van der Waals surface area contributed by atoms with Gasteiger partial charge in [0.1, 0.15) is 6.10 Å². The van der Waals surface area contributed by atoms with Crippen molar-refractivity contribution >= 4 is 18.3 Å². The van der Waals surface area contributed by atoms with Gasteiger partial charge in [0, 0.05) is 13.1 Å². The molecule has 0 bridgehead atoms. The third kappa shape index (κ3) is 7.46. The van der Waals surface area contributed by atoms with Gasteiger partial charge in [0.25, 0.3) is 0 Å². The maximum Gasteiger partial charge on any atom is 0.249 e. The van der Waals surface area contributed by atoms with Crippen molar-refractivity contribution in [2.45, 2.75) is 65.1 Å². The van der Waals surface area contributed by atoms with Crippen LogP contribution in [0.15, 0.2) is 0 Å². The van der Waals surface area contributed by atoms with Crippen LogP contribution in [0.2, 0.25) is 0 Å². The zero-order chi connectivity index (χ0) is 14.1. The number of nitrogens with one attached hydrogen (secondary N) is 2. The molecule has 2 N–H and O–H groups in total. The summed E-state index contributed by atoms with van der Waals surface area (Å²) in [6.45, 7) is 8.77. The normalized spacial score (nSPS) is 23.8. The van der Waals surface area contributed by atoms with Gasteiger partial charge in [0.15, 0.2) is 0 Å². The van der Waals surface area contributed by atoms with Crippen LogP contribution in [0.25, 0.3) is 0 Å². The van der Waals surface area contributed by atoms with E-state index in [0.29, 0.717) is 6.54 Å². The van der Waals surface area contributed by atoms with Gasteiger partial charge in [-0.1, -0.05) is 33.6 Å². The number of carbonyl (C=O) groups excluding carboxylic acids is 1. The Morgan fingerprint density at radius 3 is 2.65 bits per heavy atom. The lowest BCUT2D eigenvalue weighted by atomic mass is 9.88. The highest BCUT2D eigenvalue weighted by Gasteiger charge is 2.25. The number of hydrogen-bond acceptors (Lipinski definition) is 3. The van der Waals surface area contributed by atoms with Crippen LogP contribution in [0.5, 0.6) is 0 Å². The van der Waals surface area contributed by atoms with E-state index in [1.165, 1.54) is 12.8 Å². The zero-order valence-corrected chi connectivity index (χ0v) is 13.9. The van der Waals surface area contributed by atoms with Gasteiger partial charge < -0.3 is 15.4 Å². The van der Waals surface area contributed by atoms with E-state index in [1.54, 1.807) is 0 Å². The fraction of sp³-hybridized carbons (Fsp3) is 0.933. The molecule has 4 nitrogen and oxygen atoms in total. The molecule has 0 aromatic heterocycles. The highest BCUT2D eigenvalue weighted by atomic mass is 35.5. The van der Waals surface area contributed by atoms with Gasteiger partial charge in [-0.15, -0.1) is 12.4 Å². The Morgan fingerprint density at radius 1 is 1.30 bits per heavy atom. The van der Waals surface area contributed by atoms with Gasteiger partial charge >= 0.3 is 0 Å². The van der Waals surface area contributed by atoms with E-state index < -0.39 is 0 Å². The Kier molecular flexibility index (Phi) is 11.2. The van der Waals surface area contributed by atoms with Crippen molar-refractivity contribution in [2.24, 2.45) is 5.92 Å². The Balaban J connectivity index is 0.00000361. The summed E-state index contributed by atoms with van der Waals surface area (Å²) in [5.41, 5.74) is 0. The van der Waals surface area contributed by atoms with Gasteiger partial charge in [0.2, 0.25) is 5.91 Å². The molecule has 0 saturated heterocycles. The van der Waals surface area contributed by atoms with E-state index in [2.05, 4.69) is 24.5 Å². The van der Waals surface area contributed by atoms with Gasteiger partial charge in [0.05, 0.1) is 6.10 Å². The number of likely N-dealkylation sites (N-methyl/N-ethyl adjacent to an activating group) is 1. The second-order valence-electron chi connectivity index (χ2n) is 5.57. The molecule has 0 heterocycles. The van der Waals surface area contributed by atoms with Crippen molar-refractivity contribution in [3.05, 3.63) is 0 Å². The van der Waals surface area contributed by atoms with E-state index in [-0.39, 0.29) is 30.5 Å². The molecule has 3 unspecified atom stereocenters. The highest BCUT2D eigenvalue weighted by molar-refractivity contribution is 5.85. The molecule has 1 rings (SSSR count). The summed E-state index contributed by atoms with van der Waals surface area (Å²) in [5.74, 6) is 0.770. The molecular formula is C15H31ClN2O2.